The van der Waals surface area contributed by atoms with Gasteiger partial charge in [-0.05, 0) is 49.9 Å². The maximum absolute atomic E-state index is 6.00. The van der Waals surface area contributed by atoms with Crippen LogP contribution in [-0.2, 0) is 17.3 Å². The fourth-order valence-electron chi connectivity index (χ4n) is 1.90. The number of aryl methyl sites for hydroxylation is 1. The van der Waals surface area contributed by atoms with Crippen LogP contribution in [0.4, 0.5) is 0 Å². The second-order valence-electron chi connectivity index (χ2n) is 5.16. The molecule has 0 saturated carbocycles. The van der Waals surface area contributed by atoms with Crippen LogP contribution in [0, 0.1) is 0 Å². The molecule has 0 N–H and O–H groups in total. The molecule has 0 aliphatic rings. The van der Waals surface area contributed by atoms with Gasteiger partial charge in [0.05, 0.1) is 0 Å². The molecule has 0 unspecified atom stereocenters. The number of hydrogen-bond donors (Lipinski definition) is 0. The first kappa shape index (κ1) is 13.5. The van der Waals surface area contributed by atoms with Gasteiger partial charge in [-0.15, -0.1) is 0 Å². The van der Waals surface area contributed by atoms with E-state index < -0.39 is 9.76 Å². The average Bonchev–Trinajstić information content (AvgIpc) is 2.24. The molecule has 0 aliphatic carbocycles. The highest BCUT2D eigenvalue weighted by molar-refractivity contribution is 6.47. The molecular weight excluding hydrogens is 212 g/mol. The molecule has 2 heteroatoms. The van der Waals surface area contributed by atoms with Crippen molar-refractivity contribution in [2.75, 3.05) is 0 Å². The summed E-state index contributed by atoms with van der Waals surface area (Å²) in [5.41, 5.74) is 3.02. The maximum Gasteiger partial charge on any atom is 0.193 e. The van der Waals surface area contributed by atoms with E-state index in [-0.39, 0.29) is 5.60 Å². The quantitative estimate of drug-likeness (QED) is 0.729. The first-order valence-electron chi connectivity index (χ1n) is 6.21. The molecule has 1 nitrogen and oxygen atoms in total. The minimum Gasteiger partial charge on any atom is -0.414 e. The van der Waals surface area contributed by atoms with E-state index in [0.717, 1.165) is 12.8 Å². The van der Waals surface area contributed by atoms with Gasteiger partial charge in [0.25, 0.3) is 0 Å². The van der Waals surface area contributed by atoms with Crippen molar-refractivity contribution in [3.63, 3.8) is 0 Å². The molecule has 0 radical (unpaired) electrons. The Labute approximate surface area is 102 Å². The first-order valence-corrected chi connectivity index (χ1v) is 7.50. The zero-order valence-corrected chi connectivity index (χ0v) is 12.7. The van der Waals surface area contributed by atoms with Crippen LogP contribution < -0.4 is 5.19 Å². The van der Waals surface area contributed by atoms with Gasteiger partial charge in [-0.1, -0.05) is 32.0 Å². The van der Waals surface area contributed by atoms with Gasteiger partial charge < -0.3 is 4.43 Å². The summed E-state index contributed by atoms with van der Waals surface area (Å²) in [6, 6.07) is 6.66. The fourth-order valence-corrected chi connectivity index (χ4v) is 3.37. The van der Waals surface area contributed by atoms with Gasteiger partial charge in [-0.3, -0.25) is 0 Å². The number of benzene rings is 1. The van der Waals surface area contributed by atoms with Crippen LogP contribution in [0.25, 0.3) is 0 Å². The maximum atomic E-state index is 6.00. The van der Waals surface area contributed by atoms with Crippen molar-refractivity contribution in [3.05, 3.63) is 29.3 Å². The minimum absolute atomic E-state index is 0.000543. The summed E-state index contributed by atoms with van der Waals surface area (Å²) in [5, 5.41) is 1.48. The van der Waals surface area contributed by atoms with Crippen LogP contribution in [0.2, 0.25) is 0 Å². The highest BCUT2D eigenvalue weighted by Crippen LogP contribution is 2.10. The molecule has 0 amide bonds. The Hall–Kier alpha value is -0.603. The highest BCUT2D eigenvalue weighted by Gasteiger charge is 2.12. The van der Waals surface area contributed by atoms with Gasteiger partial charge in [-0.2, -0.15) is 0 Å². The van der Waals surface area contributed by atoms with E-state index in [2.05, 4.69) is 52.8 Å². The van der Waals surface area contributed by atoms with Crippen molar-refractivity contribution >= 4 is 14.9 Å². The normalized spacial score (nSPS) is 12.6. The summed E-state index contributed by atoms with van der Waals surface area (Å²) < 4.78 is 6.00. The Morgan fingerprint density at radius 3 is 2.31 bits per heavy atom. The lowest BCUT2D eigenvalue weighted by Crippen LogP contribution is -2.31. The molecule has 1 aromatic rings. The smallest absolute Gasteiger partial charge is 0.193 e. The predicted molar refractivity (Wildman–Crippen MR) is 74.2 cm³/mol. The zero-order valence-electron chi connectivity index (χ0n) is 11.3. The largest absolute Gasteiger partial charge is 0.414 e. The number of rotatable bonds is 4. The van der Waals surface area contributed by atoms with Crippen LogP contribution in [0.5, 0.6) is 0 Å². The molecule has 0 aliphatic heterocycles. The third kappa shape index (κ3) is 3.76. The Balaban J connectivity index is 2.87. The highest BCUT2D eigenvalue weighted by atomic mass is 28.2. The van der Waals surface area contributed by atoms with E-state index in [1.807, 2.05) is 0 Å². The van der Waals surface area contributed by atoms with Crippen LogP contribution in [0.3, 0.4) is 0 Å². The van der Waals surface area contributed by atoms with Crippen LogP contribution in [0.15, 0.2) is 18.2 Å². The minimum atomic E-state index is -0.586. The van der Waals surface area contributed by atoms with Crippen molar-refractivity contribution in [2.45, 2.75) is 53.1 Å². The first-order chi connectivity index (χ1) is 7.48. The summed E-state index contributed by atoms with van der Waals surface area (Å²) in [4.78, 5) is 0. The lowest BCUT2D eigenvalue weighted by atomic mass is 10.0. The van der Waals surface area contributed by atoms with Crippen molar-refractivity contribution in [2.24, 2.45) is 0 Å². The summed E-state index contributed by atoms with van der Waals surface area (Å²) in [6.45, 7) is 10.9. The fraction of sp³-hybridized carbons (Fsp3) is 0.571. The molecule has 0 heterocycles. The second-order valence-corrected chi connectivity index (χ2v) is 6.50. The molecule has 0 atom stereocenters. The predicted octanol–water partition coefficient (Wildman–Crippen LogP) is 2.34. The molecule has 0 spiro atoms. The summed E-state index contributed by atoms with van der Waals surface area (Å²) in [7, 11) is -0.586. The molecule has 0 aromatic heterocycles. The molecular formula is C14H24OSi. The Morgan fingerprint density at radius 1 is 1.12 bits per heavy atom. The van der Waals surface area contributed by atoms with E-state index in [4.69, 9.17) is 4.43 Å². The third-order valence-electron chi connectivity index (χ3n) is 2.77. The van der Waals surface area contributed by atoms with Crippen molar-refractivity contribution in [1.82, 2.24) is 0 Å². The third-order valence-corrected chi connectivity index (χ3v) is 4.75. The van der Waals surface area contributed by atoms with Crippen molar-refractivity contribution in [1.29, 1.82) is 0 Å². The van der Waals surface area contributed by atoms with Gasteiger partial charge in [0.1, 0.15) is 0 Å². The molecule has 1 aromatic carbocycles. The standard InChI is InChI=1S/C14H24OSi/c1-6-11-9-8-10-13(12(11)7-2)16-15-14(3,4)5/h8-10H,6-7,16H2,1-5H3. The lowest BCUT2D eigenvalue weighted by molar-refractivity contribution is 0.141. The van der Waals surface area contributed by atoms with Gasteiger partial charge in [0.15, 0.2) is 9.76 Å². The Morgan fingerprint density at radius 2 is 1.81 bits per heavy atom. The summed E-state index contributed by atoms with van der Waals surface area (Å²) >= 11 is 0. The van der Waals surface area contributed by atoms with E-state index in [9.17, 15) is 0 Å². The Bertz CT molecular complexity index is 339. The zero-order chi connectivity index (χ0) is 12.2. The summed E-state index contributed by atoms with van der Waals surface area (Å²) in [6.07, 6.45) is 2.25. The molecule has 1 rings (SSSR count). The van der Waals surface area contributed by atoms with E-state index >= 15 is 0 Å². The topological polar surface area (TPSA) is 9.23 Å². The van der Waals surface area contributed by atoms with E-state index in [1.165, 1.54) is 16.3 Å². The van der Waals surface area contributed by atoms with Crippen LogP contribution >= 0.6 is 0 Å². The molecule has 0 saturated heterocycles. The average molecular weight is 236 g/mol. The molecule has 16 heavy (non-hydrogen) atoms. The second kappa shape index (κ2) is 5.64. The van der Waals surface area contributed by atoms with Crippen molar-refractivity contribution in [3.8, 4) is 0 Å². The number of hydrogen-bond acceptors (Lipinski definition) is 1. The van der Waals surface area contributed by atoms with Gasteiger partial charge in [0, 0.05) is 5.60 Å². The lowest BCUT2D eigenvalue weighted by Gasteiger charge is -2.21. The van der Waals surface area contributed by atoms with Gasteiger partial charge in [-0.25, -0.2) is 0 Å². The Kier molecular flexibility index (Phi) is 4.75. The van der Waals surface area contributed by atoms with Crippen LogP contribution in [-0.4, -0.2) is 15.4 Å². The van der Waals surface area contributed by atoms with Gasteiger partial charge in [0.2, 0.25) is 0 Å². The molecule has 90 valence electrons. The van der Waals surface area contributed by atoms with E-state index in [0.29, 0.717) is 0 Å². The van der Waals surface area contributed by atoms with Gasteiger partial charge >= 0.3 is 0 Å². The van der Waals surface area contributed by atoms with E-state index in [1.54, 1.807) is 0 Å². The molecule has 0 bridgehead atoms. The monoisotopic (exact) mass is 236 g/mol. The summed E-state index contributed by atoms with van der Waals surface area (Å²) in [5.74, 6) is 0. The van der Waals surface area contributed by atoms with Crippen LogP contribution in [0.1, 0.15) is 45.7 Å². The SMILES string of the molecule is CCc1cccc([SiH2]OC(C)(C)C)c1CC. The molecule has 0 fully saturated rings. The van der Waals surface area contributed by atoms with Crippen molar-refractivity contribution < 1.29 is 4.43 Å².